The molecule has 0 bridgehead atoms. The first-order valence-electron chi connectivity index (χ1n) is 14.7. The average molecular weight is 591 g/mol. The van der Waals surface area contributed by atoms with E-state index in [1.54, 1.807) is 13.8 Å². The van der Waals surface area contributed by atoms with Gasteiger partial charge in [-0.15, -0.1) is 0 Å². The van der Waals surface area contributed by atoms with Crippen LogP contribution in [-0.2, 0) is 25.2 Å². The van der Waals surface area contributed by atoms with E-state index in [0.29, 0.717) is 20.9 Å². The van der Waals surface area contributed by atoms with Crippen LogP contribution in [0.4, 0.5) is 26.3 Å². The van der Waals surface area contributed by atoms with E-state index >= 15 is 0 Å². The lowest BCUT2D eigenvalue weighted by Gasteiger charge is -2.20. The van der Waals surface area contributed by atoms with Gasteiger partial charge in [-0.2, -0.15) is 26.3 Å². The molecule has 0 radical (unpaired) electrons. The summed E-state index contributed by atoms with van der Waals surface area (Å²) in [4.78, 5) is 1.03. The fraction of sp³-hybridized carbons (Fsp3) is 0.529. The minimum absolute atomic E-state index is 0.128. The molecule has 7 heteroatoms. The second-order valence-corrected chi connectivity index (χ2v) is 12.0. The van der Waals surface area contributed by atoms with Gasteiger partial charge in [0.05, 0.1) is 11.1 Å². The normalized spacial score (nSPS) is 17.0. The van der Waals surface area contributed by atoms with Crippen LogP contribution in [0.3, 0.4) is 0 Å². The van der Waals surface area contributed by atoms with Crippen molar-refractivity contribution in [3.05, 3.63) is 57.6 Å². The molecule has 220 valence electrons. The molecule has 0 nitrogen and oxygen atoms in total. The molecule has 2 saturated carbocycles. The highest BCUT2D eigenvalue weighted by Gasteiger charge is 2.36. The third-order valence-corrected chi connectivity index (χ3v) is 9.22. The Hall–Kier alpha value is -2.51. The van der Waals surface area contributed by atoms with Gasteiger partial charge in [-0.05, 0) is 73.9 Å². The van der Waals surface area contributed by atoms with Crippen LogP contribution in [0, 0.1) is 35.5 Å². The lowest BCUT2D eigenvalue weighted by atomic mass is 9.89. The highest BCUT2D eigenvalue weighted by molar-refractivity contribution is 7.99. The van der Waals surface area contributed by atoms with Crippen molar-refractivity contribution in [3.63, 3.8) is 0 Å². The Morgan fingerprint density at radius 3 is 1.29 bits per heavy atom. The lowest BCUT2D eigenvalue weighted by Crippen LogP contribution is -2.12. The summed E-state index contributed by atoms with van der Waals surface area (Å²) in [6.45, 7) is 3.36. The van der Waals surface area contributed by atoms with Crippen LogP contribution in [0.15, 0.2) is 34.1 Å². The zero-order valence-electron chi connectivity index (χ0n) is 23.6. The molecule has 0 aliphatic heterocycles. The first-order chi connectivity index (χ1) is 19.5. The summed E-state index contributed by atoms with van der Waals surface area (Å²) in [5.41, 5.74) is -0.525. The monoisotopic (exact) mass is 590 g/mol. The minimum Gasteiger partial charge on any atom is -0.166 e. The van der Waals surface area contributed by atoms with E-state index in [4.69, 9.17) is 0 Å². The minimum atomic E-state index is -4.53. The molecule has 0 amide bonds. The Morgan fingerprint density at radius 1 is 0.610 bits per heavy atom. The number of alkyl halides is 6. The van der Waals surface area contributed by atoms with E-state index < -0.39 is 23.5 Å². The quantitative estimate of drug-likeness (QED) is 0.252. The molecular formula is C34H36F6S. The van der Waals surface area contributed by atoms with E-state index in [-0.39, 0.29) is 35.8 Å². The van der Waals surface area contributed by atoms with Gasteiger partial charge >= 0.3 is 12.4 Å². The molecule has 2 aliphatic rings. The molecule has 0 heterocycles. The zero-order valence-corrected chi connectivity index (χ0v) is 24.4. The number of rotatable bonds is 4. The van der Waals surface area contributed by atoms with Crippen molar-refractivity contribution in [2.45, 2.75) is 113 Å². The summed E-state index contributed by atoms with van der Waals surface area (Å²) in [6.07, 6.45) is 1.42. The van der Waals surface area contributed by atoms with Gasteiger partial charge in [0, 0.05) is 32.8 Å². The van der Waals surface area contributed by atoms with E-state index in [9.17, 15) is 26.3 Å². The summed E-state index contributed by atoms with van der Waals surface area (Å²) in [7, 11) is 0. The zero-order chi connectivity index (χ0) is 29.6. The molecule has 0 unspecified atom stereocenters. The number of halogens is 6. The van der Waals surface area contributed by atoms with Gasteiger partial charge in [0.15, 0.2) is 0 Å². The van der Waals surface area contributed by atoms with Gasteiger partial charge in [0.2, 0.25) is 0 Å². The van der Waals surface area contributed by atoms with Gasteiger partial charge < -0.3 is 0 Å². The molecule has 4 rings (SSSR count). The molecule has 41 heavy (non-hydrogen) atoms. The third kappa shape index (κ3) is 7.86. The van der Waals surface area contributed by atoms with E-state index in [1.807, 2.05) is 0 Å². The van der Waals surface area contributed by atoms with Crippen LogP contribution in [0.1, 0.15) is 111 Å². The van der Waals surface area contributed by atoms with E-state index in [2.05, 4.69) is 23.7 Å². The van der Waals surface area contributed by atoms with Crippen LogP contribution in [0.25, 0.3) is 0 Å². The Morgan fingerprint density at radius 2 is 0.976 bits per heavy atom. The highest BCUT2D eigenvalue weighted by Crippen LogP contribution is 2.43. The predicted molar refractivity (Wildman–Crippen MR) is 153 cm³/mol. The van der Waals surface area contributed by atoms with Crippen LogP contribution >= 0.6 is 11.8 Å². The SMILES string of the molecule is CCc1c(C(F)(F)F)ccc(Sc2ccc(C(F)(F)F)c(CC)c2C#CC2CCCCC2)c1C#CC1CCCCC1. The van der Waals surface area contributed by atoms with Gasteiger partial charge in [-0.1, -0.05) is 87.8 Å². The Bertz CT molecular complexity index is 1230. The average Bonchev–Trinajstić information content (AvgIpc) is 2.95. The standard InChI is InChI=1S/C34H36F6S/c1-3-25-27(17-15-23-11-7-5-8-12-23)31(21-19-29(25)33(35,36)37)41-32-22-20-30(34(38,39)40)26(4-2)28(32)18-16-24-13-9-6-10-14-24/h19-24H,3-14H2,1-2H3. The molecule has 2 aliphatic carbocycles. The van der Waals surface area contributed by atoms with Crippen LogP contribution in [0.2, 0.25) is 0 Å². The predicted octanol–water partition coefficient (Wildman–Crippen LogP) is 10.9. The Labute approximate surface area is 244 Å². The number of hydrogen-bond donors (Lipinski definition) is 0. The summed E-state index contributed by atoms with van der Waals surface area (Å²) in [5, 5.41) is 0. The maximum absolute atomic E-state index is 14.0. The van der Waals surface area contributed by atoms with Crippen molar-refractivity contribution in [1.29, 1.82) is 0 Å². The van der Waals surface area contributed by atoms with Crippen LogP contribution < -0.4 is 0 Å². The summed E-state index contributed by atoms with van der Waals surface area (Å²) in [6, 6.07) is 4.98. The first kappa shape index (κ1) is 31.4. The second kappa shape index (κ2) is 13.6. The van der Waals surface area contributed by atoms with Crippen LogP contribution in [-0.4, -0.2) is 0 Å². The second-order valence-electron chi connectivity index (χ2n) is 10.9. The molecule has 0 spiro atoms. The van der Waals surface area contributed by atoms with E-state index in [1.165, 1.54) is 23.9 Å². The number of benzene rings is 2. The third-order valence-electron chi connectivity index (χ3n) is 8.10. The van der Waals surface area contributed by atoms with Crippen molar-refractivity contribution in [2.24, 2.45) is 11.8 Å². The maximum atomic E-state index is 14.0. The van der Waals surface area contributed by atoms with Crippen molar-refractivity contribution in [2.75, 3.05) is 0 Å². The van der Waals surface area contributed by atoms with Gasteiger partial charge in [-0.3, -0.25) is 0 Å². The molecule has 0 saturated heterocycles. The molecule has 0 aromatic heterocycles. The summed E-state index contributed by atoms with van der Waals surface area (Å²) >= 11 is 1.17. The molecule has 2 fully saturated rings. The van der Waals surface area contributed by atoms with Crippen molar-refractivity contribution in [3.8, 4) is 23.7 Å². The van der Waals surface area contributed by atoms with E-state index in [0.717, 1.165) is 76.3 Å². The van der Waals surface area contributed by atoms with Crippen molar-refractivity contribution in [1.82, 2.24) is 0 Å². The van der Waals surface area contributed by atoms with Gasteiger partial charge in [0.25, 0.3) is 0 Å². The molecular weight excluding hydrogens is 554 g/mol. The molecule has 2 aromatic rings. The molecule has 0 atom stereocenters. The fourth-order valence-electron chi connectivity index (χ4n) is 5.92. The molecule has 2 aromatic carbocycles. The highest BCUT2D eigenvalue weighted by atomic mass is 32.2. The summed E-state index contributed by atoms with van der Waals surface area (Å²) in [5.74, 6) is 13.0. The molecule has 0 N–H and O–H groups in total. The smallest absolute Gasteiger partial charge is 0.166 e. The van der Waals surface area contributed by atoms with Gasteiger partial charge in [-0.25, -0.2) is 0 Å². The first-order valence-corrected chi connectivity index (χ1v) is 15.5. The van der Waals surface area contributed by atoms with Crippen molar-refractivity contribution >= 4 is 11.8 Å². The largest absolute Gasteiger partial charge is 0.416 e. The maximum Gasteiger partial charge on any atom is 0.416 e. The Balaban J connectivity index is 1.85. The topological polar surface area (TPSA) is 0 Å². The lowest BCUT2D eigenvalue weighted by molar-refractivity contribution is -0.139. The Kier molecular flexibility index (Phi) is 10.5. The summed E-state index contributed by atoms with van der Waals surface area (Å²) < 4.78 is 83.9. The fourth-order valence-corrected chi connectivity index (χ4v) is 6.98. The number of hydrogen-bond acceptors (Lipinski definition) is 1. The van der Waals surface area contributed by atoms with Gasteiger partial charge in [0.1, 0.15) is 0 Å². The van der Waals surface area contributed by atoms with Crippen LogP contribution in [0.5, 0.6) is 0 Å². The van der Waals surface area contributed by atoms with Crippen molar-refractivity contribution < 1.29 is 26.3 Å².